The molecule has 0 fully saturated rings. The summed E-state index contributed by atoms with van der Waals surface area (Å²) in [7, 11) is 0. The van der Waals surface area contributed by atoms with Gasteiger partial charge in [-0.15, -0.1) is 0 Å². The maximum absolute atomic E-state index is 13.9. The fourth-order valence-corrected chi connectivity index (χ4v) is 9.79. The fraction of sp³-hybridized carbons (Fsp3) is 0.489. The molecule has 0 saturated heterocycles. The minimum atomic E-state index is -0.879. The number of ether oxygens (including phenoxy) is 1. The van der Waals surface area contributed by atoms with Gasteiger partial charge in [-0.3, -0.25) is 14.4 Å². The molecule has 1 spiro atoms. The Labute approximate surface area is 334 Å². The number of nitrogens with two attached hydrogens (primary N) is 1. The number of amides is 2. The lowest BCUT2D eigenvalue weighted by atomic mass is 10.0. The van der Waals surface area contributed by atoms with E-state index in [-0.39, 0.29) is 30.3 Å². The molecule has 12 heteroatoms. The van der Waals surface area contributed by atoms with E-state index in [1.54, 1.807) is 0 Å². The maximum Gasteiger partial charge on any atom is 0.553 e. The summed E-state index contributed by atoms with van der Waals surface area (Å²) in [5.41, 5.74) is 21.3. The van der Waals surface area contributed by atoms with E-state index < -0.39 is 17.9 Å². The number of rotatable bonds is 15. The zero-order valence-electron chi connectivity index (χ0n) is 34.9. The third-order valence-electron chi connectivity index (χ3n) is 12.9. The molecule has 6 aliphatic rings. The summed E-state index contributed by atoms with van der Waals surface area (Å²) >= 11 is 0. The van der Waals surface area contributed by atoms with E-state index in [9.17, 15) is 19.5 Å². The number of allylic oxidation sites excluding steroid dienone is 5. The van der Waals surface area contributed by atoms with Crippen LogP contribution in [0.15, 0.2) is 39.8 Å². The first kappa shape index (κ1) is 38.8. The Bertz CT molecular complexity index is 2530. The quantitative estimate of drug-likeness (QED) is 0.162. The van der Waals surface area contributed by atoms with Crippen molar-refractivity contribution in [3.05, 3.63) is 84.1 Å². The third-order valence-corrected chi connectivity index (χ3v) is 12.9. The van der Waals surface area contributed by atoms with Gasteiger partial charge in [-0.25, -0.2) is 0 Å². The van der Waals surface area contributed by atoms with Gasteiger partial charge in [-0.05, 0) is 129 Å². The second-order valence-corrected chi connectivity index (χ2v) is 17.4. The molecule has 0 aromatic carbocycles. The Morgan fingerprint density at radius 1 is 0.807 bits per heavy atom. The van der Waals surface area contributed by atoms with E-state index in [2.05, 4.69) is 94.8 Å². The average Bonchev–Trinajstić information content (AvgIpc) is 3.77. The number of carboxylic acid groups (broad SMARTS) is 1. The molecule has 2 aromatic heterocycles. The van der Waals surface area contributed by atoms with Crippen LogP contribution in [0.5, 0.6) is 0 Å². The fourth-order valence-electron chi connectivity index (χ4n) is 9.79. The number of nitrogens with one attached hydrogen (secondary N) is 2. The molecule has 2 atom stereocenters. The van der Waals surface area contributed by atoms with Crippen LogP contribution in [0.4, 0.5) is 0 Å². The molecule has 0 aliphatic carbocycles. The molecule has 0 bridgehead atoms. The summed E-state index contributed by atoms with van der Waals surface area (Å²) in [5, 5.41) is 18.0. The third kappa shape index (κ3) is 5.73. The number of nitrogens with zero attached hydrogens (tertiary/aromatic N) is 4. The van der Waals surface area contributed by atoms with E-state index in [1.807, 2.05) is 20.8 Å². The maximum atomic E-state index is 13.9. The first-order chi connectivity index (χ1) is 27.0. The SMILES string of the molecule is CC1=C(C)C2=[N+]3C1=Cc1c(C)c(CCC(=O)O)c4n1[C@@]31n3c(c(C)c(CCC(=O)N[C@@H](CCCCN)C(=O)NCCOC(C)(C)C)c3=C4)=CC3=[N+]1C(=C2)C(C)=C3C. The van der Waals surface area contributed by atoms with Gasteiger partial charge < -0.3 is 26.2 Å². The van der Waals surface area contributed by atoms with Crippen molar-refractivity contribution < 1.29 is 33.4 Å². The predicted molar refractivity (Wildman–Crippen MR) is 220 cm³/mol. The van der Waals surface area contributed by atoms with Crippen LogP contribution in [-0.2, 0) is 37.9 Å². The zero-order valence-corrected chi connectivity index (χ0v) is 34.9. The zero-order chi connectivity index (χ0) is 40.9. The molecule has 0 saturated carbocycles. The number of unbranched alkanes of at least 4 members (excludes halogenated alkanes) is 1. The molecule has 2 amide bonds. The molecule has 57 heavy (non-hydrogen) atoms. The van der Waals surface area contributed by atoms with Crippen LogP contribution in [0, 0.1) is 13.8 Å². The van der Waals surface area contributed by atoms with Crippen molar-refractivity contribution in [1.29, 1.82) is 0 Å². The van der Waals surface area contributed by atoms with Gasteiger partial charge in [-0.1, -0.05) is 9.15 Å². The minimum absolute atomic E-state index is 0.0234. The van der Waals surface area contributed by atoms with Crippen molar-refractivity contribution in [3.8, 4) is 0 Å². The summed E-state index contributed by atoms with van der Waals surface area (Å²) in [6.07, 6.45) is 12.2. The number of aromatic nitrogens is 2. The van der Waals surface area contributed by atoms with Gasteiger partial charge in [0.15, 0.2) is 0 Å². The number of carboxylic acids is 1. The molecule has 0 radical (unpaired) electrons. The van der Waals surface area contributed by atoms with Crippen molar-refractivity contribution >= 4 is 47.4 Å². The van der Waals surface area contributed by atoms with Gasteiger partial charge in [0.1, 0.15) is 6.04 Å². The van der Waals surface area contributed by atoms with Crippen LogP contribution in [-0.4, -0.2) is 83.9 Å². The standard InChI is InChI=1S/C45H55N7O5/c1-24-26(3)35-21-37-28(5)30(13-15-41(53)48-32(12-10-11-17-46)43(56)47-18-19-57-44(7,8)9)39-23-40-31(14-16-42(54)55)29(6)38-22-36-27(4)25(2)34-20-33(24)49(35)45(50(34)36,51(37)39)52(38)40/h20-23,32H,10-19,46H2,1-9H3,(H-2,47,48,53,54,55,56)/p+2/t32-,45+/m0/s1. The van der Waals surface area contributed by atoms with Crippen LogP contribution >= 0.6 is 0 Å². The molecule has 8 rings (SSSR count). The topological polar surface area (TPSA) is 147 Å². The number of hydrogen-bond acceptors (Lipinski definition) is 5. The Morgan fingerprint density at radius 3 is 2.11 bits per heavy atom. The average molecular weight is 776 g/mol. The second-order valence-electron chi connectivity index (χ2n) is 17.4. The highest BCUT2D eigenvalue weighted by molar-refractivity contribution is 6.20. The van der Waals surface area contributed by atoms with Crippen LogP contribution in [0.2, 0.25) is 0 Å². The normalized spacial score (nSPS) is 20.0. The summed E-state index contributed by atoms with van der Waals surface area (Å²) in [6, 6.07) is -0.676. The smallest absolute Gasteiger partial charge is 0.481 e. The summed E-state index contributed by atoms with van der Waals surface area (Å²) in [5.74, 6) is -2.12. The second kappa shape index (κ2) is 13.8. The molecule has 12 nitrogen and oxygen atoms in total. The monoisotopic (exact) mass is 775 g/mol. The lowest BCUT2D eigenvalue weighted by molar-refractivity contribution is -0.837. The van der Waals surface area contributed by atoms with Crippen molar-refractivity contribution in [2.24, 2.45) is 5.73 Å². The molecule has 0 unspecified atom stereocenters. The van der Waals surface area contributed by atoms with Gasteiger partial charge >= 0.3 is 11.9 Å². The van der Waals surface area contributed by atoms with Gasteiger partial charge in [0.05, 0.1) is 40.4 Å². The summed E-state index contributed by atoms with van der Waals surface area (Å²) < 4.78 is 15.7. The summed E-state index contributed by atoms with van der Waals surface area (Å²) in [6.45, 7) is 20.3. The molecule has 2 aromatic rings. The molecule has 300 valence electrons. The highest BCUT2D eigenvalue weighted by atomic mass is 16.5. The largest absolute Gasteiger partial charge is 0.553 e. The lowest BCUT2D eigenvalue weighted by Gasteiger charge is -2.38. The summed E-state index contributed by atoms with van der Waals surface area (Å²) in [4.78, 5) is 39.3. The van der Waals surface area contributed by atoms with Crippen LogP contribution in [0.3, 0.4) is 0 Å². The Hall–Kier alpha value is -5.07. The van der Waals surface area contributed by atoms with E-state index in [1.165, 1.54) is 22.3 Å². The van der Waals surface area contributed by atoms with Gasteiger partial charge in [0, 0.05) is 53.8 Å². The first-order valence-corrected chi connectivity index (χ1v) is 20.5. The van der Waals surface area contributed by atoms with Crippen molar-refractivity contribution in [1.82, 2.24) is 19.8 Å². The number of aliphatic carboxylic acids is 1. The molecular formula is C45H57N7O5+2. The van der Waals surface area contributed by atoms with E-state index >= 15 is 0 Å². The Morgan fingerprint density at radius 2 is 1.46 bits per heavy atom. The molecule has 8 heterocycles. The van der Waals surface area contributed by atoms with Gasteiger partial charge in [-0.2, -0.15) is 9.13 Å². The first-order valence-electron chi connectivity index (χ1n) is 20.5. The lowest BCUT2D eigenvalue weighted by Crippen LogP contribution is -2.70. The highest BCUT2D eigenvalue weighted by Gasteiger charge is 2.72. The molecule has 6 aliphatic heterocycles. The van der Waals surface area contributed by atoms with Gasteiger partial charge in [0.2, 0.25) is 34.6 Å². The predicted octanol–water partition coefficient (Wildman–Crippen LogP) is 3.31. The van der Waals surface area contributed by atoms with Gasteiger partial charge in [0.25, 0.3) is 0 Å². The number of carbonyl (C=O) groups excluding carboxylic acids is 2. The van der Waals surface area contributed by atoms with Crippen LogP contribution < -0.4 is 27.1 Å². The van der Waals surface area contributed by atoms with Crippen LogP contribution in [0.25, 0.3) is 18.2 Å². The van der Waals surface area contributed by atoms with Crippen molar-refractivity contribution in [2.75, 3.05) is 19.7 Å². The number of hydrogen-bond donors (Lipinski definition) is 4. The minimum Gasteiger partial charge on any atom is -0.481 e. The Balaban J connectivity index is 1.22. The van der Waals surface area contributed by atoms with Crippen molar-refractivity contribution in [3.63, 3.8) is 0 Å². The Kier molecular flexibility index (Phi) is 9.39. The molecular weight excluding hydrogens is 719 g/mol. The van der Waals surface area contributed by atoms with E-state index in [0.29, 0.717) is 39.0 Å². The molecule has 5 N–H and O–H groups in total. The van der Waals surface area contributed by atoms with Crippen LogP contribution in [0.1, 0.15) is 114 Å². The highest BCUT2D eigenvalue weighted by Crippen LogP contribution is 2.50. The van der Waals surface area contributed by atoms with E-state index in [0.717, 1.165) is 80.0 Å². The number of carbonyl (C=O) groups is 3. The van der Waals surface area contributed by atoms with E-state index in [4.69, 9.17) is 10.5 Å². The van der Waals surface area contributed by atoms with Crippen molar-refractivity contribution in [2.45, 2.75) is 125 Å².